The maximum absolute atomic E-state index is 12.3. The molecule has 0 aliphatic carbocycles. The van der Waals surface area contributed by atoms with Gasteiger partial charge in [0.1, 0.15) is 0 Å². The molecule has 4 heteroatoms. The minimum atomic E-state index is -0.278. The van der Waals surface area contributed by atoms with Crippen LogP contribution in [0.3, 0.4) is 0 Å². The smallest absolute Gasteiger partial charge is 0.228 e. The van der Waals surface area contributed by atoms with Gasteiger partial charge in [-0.1, -0.05) is 39.0 Å². The van der Waals surface area contributed by atoms with Crippen molar-refractivity contribution in [2.75, 3.05) is 45.2 Å². The Morgan fingerprint density at radius 1 is 1.09 bits per heavy atom. The minimum absolute atomic E-state index is 0.265. The summed E-state index contributed by atoms with van der Waals surface area (Å²) in [6, 6.07) is 8.54. The van der Waals surface area contributed by atoms with Gasteiger partial charge in [0.2, 0.25) is 5.91 Å². The van der Waals surface area contributed by atoms with Crippen molar-refractivity contribution in [2.24, 2.45) is 5.41 Å². The highest BCUT2D eigenvalue weighted by Crippen LogP contribution is 2.22. The molecule has 1 amide bonds. The predicted molar refractivity (Wildman–Crippen MR) is 92.1 cm³/mol. The third-order valence-electron chi connectivity index (χ3n) is 4.17. The van der Waals surface area contributed by atoms with Gasteiger partial charge in [0, 0.05) is 57.9 Å². The van der Waals surface area contributed by atoms with Crippen LogP contribution in [-0.2, 0) is 11.3 Å². The van der Waals surface area contributed by atoms with E-state index >= 15 is 0 Å². The molecule has 1 aliphatic rings. The zero-order valence-electron chi connectivity index (χ0n) is 14.6. The molecule has 1 aliphatic heterocycles. The fraction of sp³-hybridized carbons (Fsp3) is 0.611. The van der Waals surface area contributed by atoms with Crippen molar-refractivity contribution in [2.45, 2.75) is 27.3 Å². The van der Waals surface area contributed by atoms with E-state index < -0.39 is 0 Å². The summed E-state index contributed by atoms with van der Waals surface area (Å²) in [7, 11) is 4.16. The lowest BCUT2D eigenvalue weighted by Crippen LogP contribution is -2.51. The molecule has 22 heavy (non-hydrogen) atoms. The van der Waals surface area contributed by atoms with Crippen LogP contribution in [0.2, 0.25) is 0 Å². The molecule has 4 nitrogen and oxygen atoms in total. The van der Waals surface area contributed by atoms with Gasteiger partial charge in [0.25, 0.3) is 0 Å². The molecule has 0 bridgehead atoms. The third kappa shape index (κ3) is 4.01. The van der Waals surface area contributed by atoms with Gasteiger partial charge in [-0.3, -0.25) is 9.69 Å². The van der Waals surface area contributed by atoms with Gasteiger partial charge in [0.05, 0.1) is 0 Å². The first-order valence-electron chi connectivity index (χ1n) is 8.06. The van der Waals surface area contributed by atoms with E-state index in [0.717, 1.165) is 32.7 Å². The first-order valence-corrected chi connectivity index (χ1v) is 8.06. The lowest BCUT2D eigenvalue weighted by atomic mass is 9.94. The molecule has 0 spiro atoms. The maximum atomic E-state index is 12.3. The van der Waals surface area contributed by atoms with Crippen molar-refractivity contribution in [3.05, 3.63) is 29.8 Å². The van der Waals surface area contributed by atoms with E-state index in [0.29, 0.717) is 0 Å². The highest BCUT2D eigenvalue weighted by molar-refractivity contribution is 5.81. The molecule has 0 N–H and O–H groups in total. The van der Waals surface area contributed by atoms with Crippen LogP contribution in [0.1, 0.15) is 26.3 Å². The fourth-order valence-electron chi connectivity index (χ4n) is 2.91. The van der Waals surface area contributed by atoms with Gasteiger partial charge in [-0.15, -0.1) is 0 Å². The molecule has 0 radical (unpaired) electrons. The Morgan fingerprint density at radius 3 is 2.23 bits per heavy atom. The van der Waals surface area contributed by atoms with Crippen LogP contribution in [0, 0.1) is 5.41 Å². The largest absolute Gasteiger partial charge is 0.377 e. The van der Waals surface area contributed by atoms with Crippen molar-refractivity contribution >= 4 is 11.6 Å². The first-order chi connectivity index (χ1) is 10.3. The Labute approximate surface area is 134 Å². The summed E-state index contributed by atoms with van der Waals surface area (Å²) in [6.07, 6.45) is 0. The van der Waals surface area contributed by atoms with Crippen LogP contribution in [0.5, 0.6) is 0 Å². The van der Waals surface area contributed by atoms with Crippen molar-refractivity contribution in [3.63, 3.8) is 0 Å². The first kappa shape index (κ1) is 16.8. The number of hydrogen-bond acceptors (Lipinski definition) is 3. The van der Waals surface area contributed by atoms with Gasteiger partial charge >= 0.3 is 0 Å². The van der Waals surface area contributed by atoms with Gasteiger partial charge in [-0.05, 0) is 11.6 Å². The van der Waals surface area contributed by atoms with Crippen molar-refractivity contribution in [3.8, 4) is 0 Å². The summed E-state index contributed by atoms with van der Waals surface area (Å²) >= 11 is 0. The third-order valence-corrected chi connectivity index (χ3v) is 4.17. The number of piperazine rings is 1. The number of para-hydroxylation sites is 1. The van der Waals surface area contributed by atoms with Crippen molar-refractivity contribution in [1.82, 2.24) is 9.80 Å². The topological polar surface area (TPSA) is 26.8 Å². The van der Waals surface area contributed by atoms with E-state index in [1.807, 2.05) is 25.7 Å². The summed E-state index contributed by atoms with van der Waals surface area (Å²) in [5.74, 6) is 0.265. The summed E-state index contributed by atoms with van der Waals surface area (Å²) in [4.78, 5) is 18.9. The molecule has 0 saturated carbocycles. The second kappa shape index (κ2) is 6.69. The Balaban J connectivity index is 1.95. The van der Waals surface area contributed by atoms with Crippen molar-refractivity contribution < 1.29 is 4.79 Å². The van der Waals surface area contributed by atoms with Crippen LogP contribution in [-0.4, -0.2) is 56.0 Å². The van der Waals surface area contributed by atoms with Crippen LogP contribution in [0.15, 0.2) is 24.3 Å². The van der Waals surface area contributed by atoms with E-state index in [2.05, 4.69) is 48.2 Å². The molecule has 2 rings (SSSR count). The van der Waals surface area contributed by atoms with Gasteiger partial charge < -0.3 is 9.80 Å². The number of nitrogens with zero attached hydrogens (tertiary/aromatic N) is 3. The molecule has 1 saturated heterocycles. The molecule has 0 atom stereocenters. The second-order valence-corrected chi connectivity index (χ2v) is 7.34. The molecule has 0 unspecified atom stereocenters. The van der Waals surface area contributed by atoms with Crippen LogP contribution >= 0.6 is 0 Å². The Kier molecular flexibility index (Phi) is 5.12. The highest BCUT2D eigenvalue weighted by Gasteiger charge is 2.29. The fourth-order valence-corrected chi connectivity index (χ4v) is 2.91. The number of anilines is 1. The van der Waals surface area contributed by atoms with Crippen LogP contribution < -0.4 is 4.90 Å². The zero-order chi connectivity index (χ0) is 16.3. The number of carbonyl (C=O) groups excluding carboxylic acids is 1. The summed E-state index contributed by atoms with van der Waals surface area (Å²) in [6.45, 7) is 10.5. The number of carbonyl (C=O) groups is 1. The second-order valence-electron chi connectivity index (χ2n) is 7.34. The van der Waals surface area contributed by atoms with E-state index in [1.165, 1.54) is 11.3 Å². The lowest BCUT2D eigenvalue weighted by Gasteiger charge is -2.38. The Morgan fingerprint density at radius 2 is 1.68 bits per heavy atom. The molecule has 1 aromatic rings. The maximum Gasteiger partial charge on any atom is 0.228 e. The Hall–Kier alpha value is -1.55. The molecular formula is C18H29N3O. The van der Waals surface area contributed by atoms with E-state index in [4.69, 9.17) is 0 Å². The summed E-state index contributed by atoms with van der Waals surface area (Å²) < 4.78 is 0. The summed E-state index contributed by atoms with van der Waals surface area (Å²) in [5.41, 5.74) is 2.35. The predicted octanol–water partition coefficient (Wildman–Crippen LogP) is 2.44. The molecular weight excluding hydrogens is 274 g/mol. The van der Waals surface area contributed by atoms with Crippen LogP contribution in [0.25, 0.3) is 0 Å². The standard InChI is InChI=1S/C18H29N3O/c1-18(2,3)17(22)21-12-10-20(11-13-21)14-15-8-6-7-9-16(15)19(4)5/h6-9H,10-14H2,1-5H3. The van der Waals surface area contributed by atoms with Crippen LogP contribution in [0.4, 0.5) is 5.69 Å². The average Bonchev–Trinajstić information content (AvgIpc) is 2.46. The average molecular weight is 303 g/mol. The lowest BCUT2D eigenvalue weighted by molar-refractivity contribution is -0.141. The van der Waals surface area contributed by atoms with E-state index in [9.17, 15) is 4.79 Å². The SMILES string of the molecule is CN(C)c1ccccc1CN1CCN(C(=O)C(C)(C)C)CC1. The number of rotatable bonds is 3. The normalized spacial score (nSPS) is 16.7. The van der Waals surface area contributed by atoms with E-state index in [1.54, 1.807) is 0 Å². The molecule has 1 heterocycles. The number of amides is 1. The van der Waals surface area contributed by atoms with Crippen molar-refractivity contribution in [1.29, 1.82) is 0 Å². The molecule has 1 aromatic carbocycles. The number of benzene rings is 1. The molecule has 0 aromatic heterocycles. The Bertz CT molecular complexity index is 511. The minimum Gasteiger partial charge on any atom is -0.377 e. The van der Waals surface area contributed by atoms with E-state index in [-0.39, 0.29) is 11.3 Å². The zero-order valence-corrected chi connectivity index (χ0v) is 14.6. The summed E-state index contributed by atoms with van der Waals surface area (Å²) in [5, 5.41) is 0. The number of hydrogen-bond donors (Lipinski definition) is 0. The van der Waals surface area contributed by atoms with Gasteiger partial charge in [-0.2, -0.15) is 0 Å². The van der Waals surface area contributed by atoms with Gasteiger partial charge in [-0.25, -0.2) is 0 Å². The molecule has 1 fully saturated rings. The monoisotopic (exact) mass is 303 g/mol. The quantitative estimate of drug-likeness (QED) is 0.858. The highest BCUT2D eigenvalue weighted by atomic mass is 16.2. The van der Waals surface area contributed by atoms with Gasteiger partial charge in [0.15, 0.2) is 0 Å². The molecule has 122 valence electrons.